The van der Waals surface area contributed by atoms with E-state index in [2.05, 4.69) is 5.32 Å². The van der Waals surface area contributed by atoms with Crippen LogP contribution in [-0.2, 0) is 9.59 Å². The third-order valence-corrected chi connectivity index (χ3v) is 5.34. The van der Waals surface area contributed by atoms with Gasteiger partial charge in [0.25, 0.3) is 0 Å². The zero-order valence-electron chi connectivity index (χ0n) is 12.3. The van der Waals surface area contributed by atoms with Crippen LogP contribution in [0.1, 0.15) is 25.7 Å². The van der Waals surface area contributed by atoms with Crippen molar-refractivity contribution in [3.05, 3.63) is 0 Å². The van der Waals surface area contributed by atoms with Crippen LogP contribution in [0, 0.1) is 5.92 Å². The number of likely N-dealkylation sites (tertiary alicyclic amines) is 1. The summed E-state index contributed by atoms with van der Waals surface area (Å²) in [6, 6.07) is 0.573. The molecule has 0 aromatic heterocycles. The molecule has 120 valence electrons. The first kappa shape index (κ1) is 16.9. The van der Waals surface area contributed by atoms with Crippen LogP contribution in [-0.4, -0.2) is 65.5 Å². The number of amides is 2. The summed E-state index contributed by atoms with van der Waals surface area (Å²) in [5.74, 6) is 2.32. The van der Waals surface area contributed by atoms with Crippen molar-refractivity contribution in [3.8, 4) is 0 Å². The Morgan fingerprint density at radius 2 is 1.95 bits per heavy atom. The van der Waals surface area contributed by atoms with E-state index < -0.39 is 0 Å². The van der Waals surface area contributed by atoms with Crippen molar-refractivity contribution in [2.45, 2.75) is 31.7 Å². The normalized spacial score (nSPS) is 23.3. The Hall–Kier alpha value is -0.460. The number of nitrogens with one attached hydrogen (secondary N) is 1. The van der Waals surface area contributed by atoms with Crippen LogP contribution < -0.4 is 5.32 Å². The molecular formula is C14H24ClN3O2S. The number of nitrogens with zero attached hydrogens (tertiary/aromatic N) is 2. The van der Waals surface area contributed by atoms with Gasteiger partial charge in [-0.3, -0.25) is 9.59 Å². The van der Waals surface area contributed by atoms with E-state index in [1.165, 1.54) is 12.8 Å². The summed E-state index contributed by atoms with van der Waals surface area (Å²) >= 11 is 1.59. The summed E-state index contributed by atoms with van der Waals surface area (Å²) in [5, 5.41) is 3.62. The molecule has 1 aliphatic carbocycles. The summed E-state index contributed by atoms with van der Waals surface area (Å²) in [6.45, 7) is 3.08. The SMILES string of the molecule is Cl.O=C(CN1CSCC1=O)N1CCC(NCC2CC2)CC1. The van der Waals surface area contributed by atoms with E-state index in [-0.39, 0.29) is 30.8 Å². The van der Waals surface area contributed by atoms with Gasteiger partial charge in [-0.05, 0) is 38.1 Å². The second-order valence-corrected chi connectivity index (χ2v) is 7.03. The highest BCUT2D eigenvalue weighted by molar-refractivity contribution is 8.00. The van der Waals surface area contributed by atoms with Crippen LogP contribution in [0.25, 0.3) is 0 Å². The molecule has 2 saturated heterocycles. The lowest BCUT2D eigenvalue weighted by Crippen LogP contribution is -2.48. The summed E-state index contributed by atoms with van der Waals surface area (Å²) < 4.78 is 0. The van der Waals surface area contributed by atoms with E-state index >= 15 is 0 Å². The Bertz CT molecular complexity index is 384. The maximum Gasteiger partial charge on any atom is 0.242 e. The first-order chi connectivity index (χ1) is 9.72. The van der Waals surface area contributed by atoms with E-state index in [0.29, 0.717) is 17.7 Å². The molecule has 21 heavy (non-hydrogen) atoms. The van der Waals surface area contributed by atoms with E-state index in [4.69, 9.17) is 0 Å². The Labute approximate surface area is 136 Å². The molecular weight excluding hydrogens is 310 g/mol. The van der Waals surface area contributed by atoms with E-state index in [9.17, 15) is 9.59 Å². The van der Waals surface area contributed by atoms with E-state index in [0.717, 1.165) is 38.4 Å². The molecule has 0 aromatic rings. The maximum absolute atomic E-state index is 12.2. The Kier molecular flexibility index (Phi) is 6.20. The standard InChI is InChI=1S/C14H23N3O2S.ClH/c18-13(8-17-10-20-9-14(17)19)16-5-3-12(4-6-16)15-7-11-1-2-11;/h11-12,15H,1-10H2;1H. The fourth-order valence-corrected chi connectivity index (χ4v) is 3.70. The van der Waals surface area contributed by atoms with Crippen molar-refractivity contribution in [1.82, 2.24) is 15.1 Å². The molecule has 0 radical (unpaired) electrons. The summed E-state index contributed by atoms with van der Waals surface area (Å²) in [7, 11) is 0. The highest BCUT2D eigenvalue weighted by Gasteiger charge is 2.28. The highest BCUT2D eigenvalue weighted by Crippen LogP contribution is 2.28. The van der Waals surface area contributed by atoms with E-state index in [1.54, 1.807) is 16.7 Å². The molecule has 0 unspecified atom stereocenters. The minimum Gasteiger partial charge on any atom is -0.341 e. The lowest BCUT2D eigenvalue weighted by atomic mass is 10.0. The predicted molar refractivity (Wildman–Crippen MR) is 86.6 cm³/mol. The summed E-state index contributed by atoms with van der Waals surface area (Å²) in [6.07, 6.45) is 4.85. The summed E-state index contributed by atoms with van der Waals surface area (Å²) in [4.78, 5) is 27.3. The Morgan fingerprint density at radius 1 is 1.24 bits per heavy atom. The average Bonchev–Trinajstić information content (AvgIpc) is 3.21. The van der Waals surface area contributed by atoms with Gasteiger partial charge < -0.3 is 15.1 Å². The van der Waals surface area contributed by atoms with E-state index in [1.807, 2.05) is 4.90 Å². The fraction of sp³-hybridized carbons (Fsp3) is 0.857. The van der Waals surface area contributed by atoms with Gasteiger partial charge >= 0.3 is 0 Å². The molecule has 1 saturated carbocycles. The van der Waals surface area contributed by atoms with Gasteiger partial charge in [-0.1, -0.05) is 0 Å². The predicted octanol–water partition coefficient (Wildman–Crippen LogP) is 0.932. The number of hydrogen-bond acceptors (Lipinski definition) is 4. The van der Waals surface area contributed by atoms with Crippen molar-refractivity contribution in [3.63, 3.8) is 0 Å². The van der Waals surface area contributed by atoms with Gasteiger partial charge in [0.1, 0.15) is 6.54 Å². The van der Waals surface area contributed by atoms with Gasteiger partial charge in [0.2, 0.25) is 11.8 Å². The van der Waals surface area contributed by atoms with Crippen LogP contribution >= 0.6 is 24.2 Å². The quantitative estimate of drug-likeness (QED) is 0.813. The lowest BCUT2D eigenvalue weighted by Gasteiger charge is -2.33. The molecule has 3 aliphatic rings. The molecule has 7 heteroatoms. The fourth-order valence-electron chi connectivity index (χ4n) is 2.79. The molecule has 0 bridgehead atoms. The van der Waals surface area contributed by atoms with Crippen LogP contribution in [0.3, 0.4) is 0 Å². The van der Waals surface area contributed by atoms with Gasteiger partial charge in [0, 0.05) is 19.1 Å². The van der Waals surface area contributed by atoms with Crippen LogP contribution in [0.2, 0.25) is 0 Å². The van der Waals surface area contributed by atoms with Crippen LogP contribution in [0.5, 0.6) is 0 Å². The molecule has 0 aromatic carbocycles. The zero-order valence-corrected chi connectivity index (χ0v) is 13.9. The van der Waals surface area contributed by atoms with Gasteiger partial charge in [0.15, 0.2) is 0 Å². The largest absolute Gasteiger partial charge is 0.341 e. The minimum atomic E-state index is 0. The molecule has 2 amide bonds. The average molecular weight is 334 g/mol. The van der Waals surface area contributed by atoms with Gasteiger partial charge in [-0.2, -0.15) is 0 Å². The smallest absolute Gasteiger partial charge is 0.242 e. The molecule has 0 atom stereocenters. The van der Waals surface area contributed by atoms with Crippen molar-refractivity contribution < 1.29 is 9.59 Å². The lowest BCUT2D eigenvalue weighted by molar-refractivity contribution is -0.138. The maximum atomic E-state index is 12.2. The van der Waals surface area contributed by atoms with Crippen molar-refractivity contribution in [2.75, 3.05) is 37.8 Å². The molecule has 0 spiro atoms. The number of hydrogen-bond donors (Lipinski definition) is 1. The topological polar surface area (TPSA) is 52.7 Å². The van der Waals surface area contributed by atoms with Crippen molar-refractivity contribution in [1.29, 1.82) is 0 Å². The monoisotopic (exact) mass is 333 g/mol. The van der Waals surface area contributed by atoms with Crippen molar-refractivity contribution in [2.24, 2.45) is 5.92 Å². The first-order valence-corrected chi connectivity index (χ1v) is 8.74. The first-order valence-electron chi connectivity index (χ1n) is 7.59. The van der Waals surface area contributed by atoms with Crippen molar-refractivity contribution >= 4 is 36.0 Å². The van der Waals surface area contributed by atoms with Gasteiger partial charge in [-0.25, -0.2) is 0 Å². The number of halogens is 1. The molecule has 5 nitrogen and oxygen atoms in total. The molecule has 2 heterocycles. The zero-order chi connectivity index (χ0) is 13.9. The number of thioether (sulfide) groups is 1. The molecule has 1 N–H and O–H groups in total. The molecule has 3 fully saturated rings. The van der Waals surface area contributed by atoms with Crippen LogP contribution in [0.4, 0.5) is 0 Å². The van der Waals surface area contributed by atoms with Gasteiger partial charge in [0.05, 0.1) is 11.6 Å². The molecule has 2 aliphatic heterocycles. The second-order valence-electron chi connectivity index (χ2n) is 6.08. The minimum absolute atomic E-state index is 0. The Morgan fingerprint density at radius 3 is 2.52 bits per heavy atom. The van der Waals surface area contributed by atoms with Gasteiger partial charge in [-0.15, -0.1) is 24.2 Å². The highest BCUT2D eigenvalue weighted by atomic mass is 35.5. The second kappa shape index (κ2) is 7.70. The number of carbonyl (C=O) groups excluding carboxylic acids is 2. The Balaban J connectivity index is 0.00000161. The number of carbonyl (C=O) groups is 2. The molecule has 3 rings (SSSR count). The summed E-state index contributed by atoms with van der Waals surface area (Å²) in [5.41, 5.74) is 0. The number of piperidine rings is 1. The number of rotatable bonds is 5. The third kappa shape index (κ3) is 4.76. The van der Waals surface area contributed by atoms with Crippen LogP contribution in [0.15, 0.2) is 0 Å². The third-order valence-electron chi connectivity index (χ3n) is 4.39.